The summed E-state index contributed by atoms with van der Waals surface area (Å²) < 4.78 is 7.34. The van der Waals surface area contributed by atoms with Gasteiger partial charge in [-0.2, -0.15) is 4.52 Å². The molecule has 0 radical (unpaired) electrons. The summed E-state index contributed by atoms with van der Waals surface area (Å²) in [6.45, 7) is 7.38. The van der Waals surface area contributed by atoms with Crippen molar-refractivity contribution in [3.05, 3.63) is 50.6 Å². The summed E-state index contributed by atoms with van der Waals surface area (Å²) in [6, 6.07) is 6.35. The molecule has 1 aliphatic rings. The normalized spacial score (nSPS) is 23.8. The van der Waals surface area contributed by atoms with Gasteiger partial charge in [0, 0.05) is 17.7 Å². The number of nitrogens with one attached hydrogen (secondary N) is 1. The van der Waals surface area contributed by atoms with E-state index in [1.807, 2.05) is 13.8 Å². The fourth-order valence-corrected chi connectivity index (χ4v) is 5.13. The average molecular weight is 404 g/mol. The lowest BCUT2D eigenvalue weighted by Gasteiger charge is -2.37. The zero-order valence-electron chi connectivity index (χ0n) is 15.8. The SMILES string of the molecule is Cc1nc2sc([C@@H](c3ccc([N+](=O)[O-])cc3)[NH+]3C[C@@H](C)O[C@@H](C)C3)c(O)n2n1. The number of quaternary nitrogens is 1. The molecule has 1 fully saturated rings. The molecule has 3 aromatic rings. The van der Waals surface area contributed by atoms with Crippen LogP contribution in [0.4, 0.5) is 5.69 Å². The van der Waals surface area contributed by atoms with Gasteiger partial charge >= 0.3 is 0 Å². The summed E-state index contributed by atoms with van der Waals surface area (Å²) in [6.07, 6.45) is 0.150. The number of non-ortho nitro benzene ring substituents is 1. The Bertz CT molecular complexity index is 1010. The molecule has 2 aromatic heterocycles. The van der Waals surface area contributed by atoms with Gasteiger partial charge in [0.05, 0.1) is 4.92 Å². The molecular formula is C18H22N5O4S+. The van der Waals surface area contributed by atoms with Gasteiger partial charge in [0.15, 0.2) is 6.04 Å². The van der Waals surface area contributed by atoms with Gasteiger partial charge in [0.2, 0.25) is 10.8 Å². The maximum absolute atomic E-state index is 11.0. The maximum Gasteiger partial charge on any atom is 0.269 e. The maximum atomic E-state index is 11.0. The number of aryl methyl sites for hydroxylation is 1. The topological polar surface area (TPSA) is 107 Å². The molecule has 0 aliphatic carbocycles. The van der Waals surface area contributed by atoms with Crippen molar-refractivity contribution in [2.24, 2.45) is 0 Å². The van der Waals surface area contributed by atoms with Crippen LogP contribution in [0.5, 0.6) is 5.88 Å². The molecule has 3 heterocycles. The van der Waals surface area contributed by atoms with Crippen molar-refractivity contribution in [1.29, 1.82) is 0 Å². The molecule has 0 amide bonds. The highest BCUT2D eigenvalue weighted by atomic mass is 32.1. The molecule has 1 saturated heterocycles. The van der Waals surface area contributed by atoms with Crippen LogP contribution in [0, 0.1) is 17.0 Å². The smallest absolute Gasteiger partial charge is 0.269 e. The van der Waals surface area contributed by atoms with E-state index in [0.717, 1.165) is 23.5 Å². The minimum atomic E-state index is -0.409. The zero-order chi connectivity index (χ0) is 20.0. The second-order valence-corrected chi connectivity index (χ2v) is 8.26. The predicted molar refractivity (Wildman–Crippen MR) is 103 cm³/mol. The Morgan fingerprint density at radius 3 is 2.54 bits per heavy atom. The monoisotopic (exact) mass is 404 g/mol. The lowest BCUT2D eigenvalue weighted by Crippen LogP contribution is -3.15. The van der Waals surface area contributed by atoms with Crippen LogP contribution in [0.1, 0.15) is 36.2 Å². The van der Waals surface area contributed by atoms with E-state index in [-0.39, 0.29) is 29.8 Å². The van der Waals surface area contributed by atoms with Crippen molar-refractivity contribution in [2.45, 2.75) is 39.0 Å². The molecule has 1 aromatic carbocycles. The van der Waals surface area contributed by atoms with E-state index < -0.39 is 4.92 Å². The van der Waals surface area contributed by atoms with E-state index in [1.54, 1.807) is 19.1 Å². The van der Waals surface area contributed by atoms with Crippen LogP contribution in [0.3, 0.4) is 0 Å². The molecule has 9 nitrogen and oxygen atoms in total. The number of nitro groups is 1. The highest BCUT2D eigenvalue weighted by Gasteiger charge is 2.37. The first-order chi connectivity index (χ1) is 13.3. The Labute approximate surface area is 165 Å². The molecule has 0 spiro atoms. The third-order valence-electron chi connectivity index (χ3n) is 4.98. The summed E-state index contributed by atoms with van der Waals surface area (Å²) in [7, 11) is 0. The first-order valence-electron chi connectivity index (χ1n) is 9.13. The molecule has 28 heavy (non-hydrogen) atoms. The standard InChI is InChI=1S/C18H21N5O4S/c1-10-8-21(9-11(2)27-10)15(13-4-6-14(7-5-13)23(25)26)16-17(24)22-18(28-16)19-12(3)20-22/h4-7,10-11,15,24H,8-9H2,1-3H3/p+1/t10-,11+,15-/m1/s1. The van der Waals surface area contributed by atoms with Crippen molar-refractivity contribution in [1.82, 2.24) is 14.6 Å². The summed E-state index contributed by atoms with van der Waals surface area (Å²) >= 11 is 1.40. The number of morpholine rings is 1. The van der Waals surface area contributed by atoms with Gasteiger partial charge < -0.3 is 14.7 Å². The van der Waals surface area contributed by atoms with Gasteiger partial charge in [-0.25, -0.2) is 4.98 Å². The van der Waals surface area contributed by atoms with Gasteiger partial charge in [-0.1, -0.05) is 11.3 Å². The quantitative estimate of drug-likeness (QED) is 0.504. The molecule has 0 bridgehead atoms. The van der Waals surface area contributed by atoms with Gasteiger partial charge in [0.1, 0.15) is 36.0 Å². The zero-order valence-corrected chi connectivity index (χ0v) is 16.6. The Hall–Kier alpha value is -2.56. The number of aromatic nitrogens is 3. The fourth-order valence-electron chi connectivity index (χ4n) is 3.95. The van der Waals surface area contributed by atoms with Crippen molar-refractivity contribution in [2.75, 3.05) is 13.1 Å². The van der Waals surface area contributed by atoms with E-state index in [1.165, 1.54) is 32.9 Å². The van der Waals surface area contributed by atoms with Crippen LogP contribution >= 0.6 is 11.3 Å². The number of thiazole rings is 1. The first kappa shape index (κ1) is 18.8. The fraction of sp³-hybridized carbons (Fsp3) is 0.444. The Balaban J connectivity index is 1.81. The van der Waals surface area contributed by atoms with Gasteiger partial charge in [-0.3, -0.25) is 10.1 Å². The number of hydrogen-bond acceptors (Lipinski definition) is 7. The van der Waals surface area contributed by atoms with Crippen LogP contribution in [-0.4, -0.2) is 49.9 Å². The van der Waals surface area contributed by atoms with Crippen LogP contribution < -0.4 is 4.90 Å². The summed E-state index contributed by atoms with van der Waals surface area (Å²) in [5, 5.41) is 26.2. The molecule has 4 atom stereocenters. The second kappa shape index (κ2) is 7.12. The lowest BCUT2D eigenvalue weighted by molar-refractivity contribution is -0.939. The Kier molecular flexibility index (Phi) is 4.77. The molecule has 10 heteroatoms. The average Bonchev–Trinajstić information content (AvgIpc) is 3.13. The third-order valence-corrected chi connectivity index (χ3v) is 6.06. The molecule has 0 saturated carbocycles. The van der Waals surface area contributed by atoms with Crippen LogP contribution in [-0.2, 0) is 4.74 Å². The van der Waals surface area contributed by atoms with E-state index in [2.05, 4.69) is 10.1 Å². The molecule has 4 rings (SSSR count). The van der Waals surface area contributed by atoms with E-state index in [0.29, 0.717) is 10.8 Å². The first-order valence-corrected chi connectivity index (χ1v) is 9.94. The van der Waals surface area contributed by atoms with E-state index in [9.17, 15) is 15.2 Å². The lowest BCUT2D eigenvalue weighted by atomic mass is 10.0. The Morgan fingerprint density at radius 2 is 1.96 bits per heavy atom. The summed E-state index contributed by atoms with van der Waals surface area (Å²) in [5.74, 6) is 0.671. The number of rotatable bonds is 4. The predicted octanol–water partition coefficient (Wildman–Crippen LogP) is 1.49. The minimum absolute atomic E-state index is 0.0451. The number of nitro benzene ring substituents is 1. The van der Waals surface area contributed by atoms with Crippen LogP contribution in [0.25, 0.3) is 4.96 Å². The van der Waals surface area contributed by atoms with Gasteiger partial charge in [-0.15, -0.1) is 5.10 Å². The largest absolute Gasteiger partial charge is 0.492 e. The second-order valence-electron chi connectivity index (χ2n) is 7.25. The minimum Gasteiger partial charge on any atom is -0.492 e. The highest BCUT2D eigenvalue weighted by molar-refractivity contribution is 7.17. The van der Waals surface area contributed by atoms with Crippen molar-refractivity contribution in [3.8, 4) is 5.88 Å². The molecule has 2 N–H and O–H groups in total. The summed E-state index contributed by atoms with van der Waals surface area (Å²) in [4.78, 5) is 17.6. The molecular weight excluding hydrogens is 382 g/mol. The van der Waals surface area contributed by atoms with Gasteiger partial charge in [-0.05, 0) is 32.9 Å². The van der Waals surface area contributed by atoms with Crippen LogP contribution in [0.15, 0.2) is 24.3 Å². The van der Waals surface area contributed by atoms with Gasteiger partial charge in [0.25, 0.3) is 5.69 Å². The molecule has 148 valence electrons. The summed E-state index contributed by atoms with van der Waals surface area (Å²) in [5.41, 5.74) is 0.946. The van der Waals surface area contributed by atoms with Crippen molar-refractivity contribution in [3.63, 3.8) is 0 Å². The van der Waals surface area contributed by atoms with E-state index in [4.69, 9.17) is 4.74 Å². The van der Waals surface area contributed by atoms with Crippen molar-refractivity contribution >= 4 is 22.0 Å². The number of nitrogens with zero attached hydrogens (tertiary/aromatic N) is 4. The molecule has 1 unspecified atom stereocenters. The van der Waals surface area contributed by atoms with Crippen molar-refractivity contribution < 1.29 is 19.7 Å². The number of fused-ring (bicyclic) bond motifs is 1. The highest BCUT2D eigenvalue weighted by Crippen LogP contribution is 2.35. The van der Waals surface area contributed by atoms with E-state index >= 15 is 0 Å². The molecule has 1 aliphatic heterocycles. The number of hydrogen-bond donors (Lipinski definition) is 2. The number of ether oxygens (including phenoxy) is 1. The number of aromatic hydroxyl groups is 1. The number of benzene rings is 1. The Morgan fingerprint density at radius 1 is 1.32 bits per heavy atom. The van der Waals surface area contributed by atoms with Crippen LogP contribution in [0.2, 0.25) is 0 Å². The third kappa shape index (κ3) is 3.34.